The van der Waals surface area contributed by atoms with Crippen LogP contribution < -0.4 is 0 Å². The molecule has 0 amide bonds. The molecule has 2 rings (SSSR count). The first-order valence-corrected chi connectivity index (χ1v) is 5.42. The Morgan fingerprint density at radius 1 is 1.07 bits per heavy atom. The number of nitrogens with zero attached hydrogens (tertiary/aromatic N) is 1. The predicted molar refractivity (Wildman–Crippen MR) is 59.5 cm³/mol. The molecule has 0 aliphatic carbocycles. The van der Waals surface area contributed by atoms with Crippen LogP contribution in [0.4, 0.5) is 4.39 Å². The quantitative estimate of drug-likeness (QED) is 0.714. The van der Waals surface area contributed by atoms with Crippen molar-refractivity contribution in [2.24, 2.45) is 0 Å². The Bertz CT molecular complexity index is 453. The zero-order chi connectivity index (χ0) is 10.7. The van der Waals surface area contributed by atoms with Crippen molar-refractivity contribution in [3.63, 3.8) is 0 Å². The standard InChI is InChI=1S/C12H10FNS/c1-9-2-4-10(5-3-9)15-11-6-7-14-12(13)8-11/h2-8H,1H3. The second kappa shape index (κ2) is 4.45. The summed E-state index contributed by atoms with van der Waals surface area (Å²) < 4.78 is 12.8. The molecule has 1 nitrogen and oxygen atoms in total. The van der Waals surface area contributed by atoms with Crippen molar-refractivity contribution < 1.29 is 4.39 Å². The maximum atomic E-state index is 12.8. The van der Waals surface area contributed by atoms with Gasteiger partial charge in [-0.3, -0.25) is 0 Å². The first-order valence-electron chi connectivity index (χ1n) is 4.60. The highest BCUT2D eigenvalue weighted by Gasteiger charge is 1.98. The van der Waals surface area contributed by atoms with Gasteiger partial charge in [-0.25, -0.2) is 4.98 Å². The smallest absolute Gasteiger partial charge is 0.213 e. The van der Waals surface area contributed by atoms with Crippen molar-refractivity contribution in [1.29, 1.82) is 0 Å². The summed E-state index contributed by atoms with van der Waals surface area (Å²) in [6.45, 7) is 2.04. The third-order valence-corrected chi connectivity index (χ3v) is 2.95. The van der Waals surface area contributed by atoms with E-state index in [0.29, 0.717) is 0 Å². The van der Waals surface area contributed by atoms with Gasteiger partial charge < -0.3 is 0 Å². The Balaban J connectivity index is 2.18. The van der Waals surface area contributed by atoms with E-state index in [9.17, 15) is 4.39 Å². The van der Waals surface area contributed by atoms with Crippen molar-refractivity contribution in [2.75, 3.05) is 0 Å². The minimum Gasteiger partial charge on any atom is -0.228 e. The summed E-state index contributed by atoms with van der Waals surface area (Å²) in [5.74, 6) is -0.438. The van der Waals surface area contributed by atoms with Gasteiger partial charge in [0.25, 0.3) is 0 Å². The lowest BCUT2D eigenvalue weighted by atomic mass is 10.2. The summed E-state index contributed by atoms with van der Waals surface area (Å²) in [7, 11) is 0. The normalized spacial score (nSPS) is 10.3. The van der Waals surface area contributed by atoms with Gasteiger partial charge in [0.05, 0.1) is 0 Å². The van der Waals surface area contributed by atoms with Gasteiger partial charge in [0.15, 0.2) is 0 Å². The fourth-order valence-corrected chi connectivity index (χ4v) is 2.02. The Hall–Kier alpha value is -1.35. The molecule has 0 aliphatic rings. The van der Waals surface area contributed by atoms with Crippen LogP contribution in [0.5, 0.6) is 0 Å². The van der Waals surface area contributed by atoms with E-state index in [1.165, 1.54) is 29.6 Å². The Labute approximate surface area is 92.4 Å². The molecule has 3 heteroatoms. The fraction of sp³-hybridized carbons (Fsp3) is 0.0833. The van der Waals surface area contributed by atoms with Gasteiger partial charge in [-0.15, -0.1) is 0 Å². The molecule has 0 saturated heterocycles. The molecule has 0 bridgehead atoms. The summed E-state index contributed by atoms with van der Waals surface area (Å²) >= 11 is 1.53. The molecule has 0 N–H and O–H groups in total. The highest BCUT2D eigenvalue weighted by Crippen LogP contribution is 2.27. The van der Waals surface area contributed by atoms with Gasteiger partial charge >= 0.3 is 0 Å². The van der Waals surface area contributed by atoms with Gasteiger partial charge in [0.2, 0.25) is 5.95 Å². The SMILES string of the molecule is Cc1ccc(Sc2ccnc(F)c2)cc1. The largest absolute Gasteiger partial charge is 0.228 e. The lowest BCUT2D eigenvalue weighted by Gasteiger charge is -2.01. The van der Waals surface area contributed by atoms with E-state index in [1.807, 2.05) is 31.2 Å². The third kappa shape index (κ3) is 2.80. The molecular weight excluding hydrogens is 209 g/mol. The second-order valence-corrected chi connectivity index (χ2v) is 4.38. The van der Waals surface area contributed by atoms with Gasteiger partial charge in [-0.2, -0.15) is 4.39 Å². The van der Waals surface area contributed by atoms with E-state index in [4.69, 9.17) is 0 Å². The minimum atomic E-state index is -0.438. The maximum absolute atomic E-state index is 12.8. The number of halogens is 1. The van der Waals surface area contributed by atoms with Crippen LogP contribution in [0, 0.1) is 12.9 Å². The van der Waals surface area contributed by atoms with Crippen LogP contribution in [0.25, 0.3) is 0 Å². The van der Waals surface area contributed by atoms with Crippen LogP contribution >= 0.6 is 11.8 Å². The second-order valence-electron chi connectivity index (χ2n) is 3.23. The van der Waals surface area contributed by atoms with Gasteiger partial charge in [-0.1, -0.05) is 29.5 Å². The van der Waals surface area contributed by atoms with Crippen LogP contribution in [0.2, 0.25) is 0 Å². The van der Waals surface area contributed by atoms with E-state index < -0.39 is 5.95 Å². The van der Waals surface area contributed by atoms with E-state index in [1.54, 1.807) is 6.07 Å². The molecule has 0 fully saturated rings. The van der Waals surface area contributed by atoms with E-state index in [-0.39, 0.29) is 0 Å². The summed E-state index contributed by atoms with van der Waals surface area (Å²) in [6.07, 6.45) is 1.48. The Morgan fingerprint density at radius 3 is 2.47 bits per heavy atom. The molecule has 0 saturated carbocycles. The molecule has 1 aromatic heterocycles. The topological polar surface area (TPSA) is 12.9 Å². The highest BCUT2D eigenvalue weighted by molar-refractivity contribution is 7.99. The lowest BCUT2D eigenvalue weighted by molar-refractivity contribution is 0.579. The Morgan fingerprint density at radius 2 is 1.80 bits per heavy atom. The molecule has 0 spiro atoms. The van der Waals surface area contributed by atoms with Crippen molar-refractivity contribution in [3.8, 4) is 0 Å². The fourth-order valence-electron chi connectivity index (χ4n) is 1.19. The van der Waals surface area contributed by atoms with Crippen molar-refractivity contribution in [3.05, 3.63) is 54.1 Å². The number of aryl methyl sites for hydroxylation is 1. The van der Waals surface area contributed by atoms with Crippen molar-refractivity contribution in [2.45, 2.75) is 16.7 Å². The highest BCUT2D eigenvalue weighted by atomic mass is 32.2. The predicted octanol–water partition coefficient (Wildman–Crippen LogP) is 3.68. The third-order valence-electron chi connectivity index (χ3n) is 1.95. The average molecular weight is 219 g/mol. The summed E-state index contributed by atoms with van der Waals surface area (Å²) in [6, 6.07) is 11.4. The Kier molecular flexibility index (Phi) is 3.02. The van der Waals surface area contributed by atoms with Crippen LogP contribution in [0.1, 0.15) is 5.56 Å². The molecular formula is C12H10FNS. The van der Waals surface area contributed by atoms with Gasteiger partial charge in [0, 0.05) is 22.1 Å². The average Bonchev–Trinajstić information content (AvgIpc) is 2.22. The minimum absolute atomic E-state index is 0.438. The number of hydrogen-bond donors (Lipinski definition) is 0. The number of aromatic nitrogens is 1. The number of benzene rings is 1. The first-order chi connectivity index (χ1) is 7.24. The summed E-state index contributed by atoms with van der Waals surface area (Å²) in [4.78, 5) is 5.49. The zero-order valence-electron chi connectivity index (χ0n) is 8.27. The molecule has 0 radical (unpaired) electrons. The van der Waals surface area contributed by atoms with Gasteiger partial charge in [0.1, 0.15) is 0 Å². The zero-order valence-corrected chi connectivity index (χ0v) is 9.09. The first kappa shape index (κ1) is 10.2. The van der Waals surface area contributed by atoms with E-state index >= 15 is 0 Å². The maximum Gasteiger partial charge on any atom is 0.213 e. The number of pyridine rings is 1. The monoisotopic (exact) mass is 219 g/mol. The summed E-state index contributed by atoms with van der Waals surface area (Å²) in [5.41, 5.74) is 1.22. The van der Waals surface area contributed by atoms with Crippen molar-refractivity contribution >= 4 is 11.8 Å². The molecule has 1 aromatic carbocycles. The van der Waals surface area contributed by atoms with Crippen LogP contribution in [0.15, 0.2) is 52.4 Å². The van der Waals surface area contributed by atoms with Crippen LogP contribution in [-0.2, 0) is 0 Å². The van der Waals surface area contributed by atoms with Gasteiger partial charge in [-0.05, 0) is 25.1 Å². The number of rotatable bonds is 2. The molecule has 1 heterocycles. The molecule has 0 aliphatic heterocycles. The number of hydrogen-bond acceptors (Lipinski definition) is 2. The molecule has 0 atom stereocenters. The molecule has 15 heavy (non-hydrogen) atoms. The molecule has 0 unspecified atom stereocenters. The molecule has 76 valence electrons. The molecule has 2 aromatic rings. The van der Waals surface area contributed by atoms with Crippen LogP contribution in [0.3, 0.4) is 0 Å². The van der Waals surface area contributed by atoms with E-state index in [0.717, 1.165) is 9.79 Å². The lowest BCUT2D eigenvalue weighted by Crippen LogP contribution is -1.81. The van der Waals surface area contributed by atoms with Crippen molar-refractivity contribution in [1.82, 2.24) is 4.98 Å². The summed E-state index contributed by atoms with van der Waals surface area (Å²) in [5, 5.41) is 0. The van der Waals surface area contributed by atoms with E-state index in [2.05, 4.69) is 4.98 Å². The van der Waals surface area contributed by atoms with Crippen LogP contribution in [-0.4, -0.2) is 4.98 Å².